The van der Waals surface area contributed by atoms with E-state index in [9.17, 15) is 19.5 Å². The molecule has 206 valence electrons. The molecule has 1 heterocycles. The van der Waals surface area contributed by atoms with Gasteiger partial charge in [-0.15, -0.1) is 0 Å². The van der Waals surface area contributed by atoms with Crippen LogP contribution < -0.4 is 0 Å². The number of carbonyl (C=O) groups excluding carboxylic acids is 2. The third-order valence-corrected chi connectivity index (χ3v) is 11.0. The van der Waals surface area contributed by atoms with Crippen LogP contribution in [0, 0.1) is 45.8 Å². The molecule has 0 spiro atoms. The zero-order valence-electron chi connectivity index (χ0n) is 23.2. The van der Waals surface area contributed by atoms with Crippen LogP contribution in [-0.2, 0) is 23.9 Å². The lowest BCUT2D eigenvalue weighted by Crippen LogP contribution is -2.64. The minimum Gasteiger partial charge on any atom is -0.481 e. The van der Waals surface area contributed by atoms with Crippen LogP contribution in [0.15, 0.2) is 11.6 Å². The van der Waals surface area contributed by atoms with Crippen LogP contribution in [0.3, 0.4) is 0 Å². The molecule has 7 heteroatoms. The molecule has 1 aliphatic heterocycles. The predicted octanol–water partition coefficient (Wildman–Crippen LogP) is 4.69. The van der Waals surface area contributed by atoms with Gasteiger partial charge < -0.3 is 24.3 Å². The van der Waals surface area contributed by atoms with E-state index >= 15 is 0 Å². The lowest BCUT2D eigenvalue weighted by Gasteiger charge is -2.58. The number of amides is 1. The van der Waals surface area contributed by atoms with Crippen molar-refractivity contribution in [1.82, 2.24) is 4.90 Å². The van der Waals surface area contributed by atoms with Gasteiger partial charge in [-0.1, -0.05) is 52.2 Å². The molecule has 5 unspecified atom stereocenters. The number of hydrogen-bond acceptors (Lipinski definition) is 5. The second-order valence-electron chi connectivity index (χ2n) is 13.1. The Morgan fingerprint density at radius 2 is 2.00 bits per heavy atom. The van der Waals surface area contributed by atoms with Gasteiger partial charge in [-0.3, -0.25) is 9.59 Å². The number of nitrogens with zero attached hydrogens (tertiary/aromatic N) is 1. The number of aldehydes is 1. The Balaban J connectivity index is 1.49. The quantitative estimate of drug-likeness (QED) is 0.354. The summed E-state index contributed by atoms with van der Waals surface area (Å²) in [5, 5.41) is 11.1. The molecule has 0 aromatic rings. The summed E-state index contributed by atoms with van der Waals surface area (Å²) in [5.74, 6) is 0.179. The van der Waals surface area contributed by atoms with Crippen molar-refractivity contribution in [3.05, 3.63) is 11.6 Å². The molecule has 9 atom stereocenters. The molecular formula is C30H45NO6. The summed E-state index contributed by atoms with van der Waals surface area (Å²) in [6, 6.07) is 0. The Labute approximate surface area is 221 Å². The van der Waals surface area contributed by atoms with Gasteiger partial charge >= 0.3 is 5.97 Å². The molecule has 5 rings (SSSR count). The SMILES string of the molecule is CCCCC(=O)N1C[C@H](OCC23CC4C(CC[C@H]4C)[C@@]4(C=O)CC2C=C(C(C)C)C34C(=O)O)O[C@H](C)C1. The van der Waals surface area contributed by atoms with E-state index < -0.39 is 28.5 Å². The van der Waals surface area contributed by atoms with Gasteiger partial charge in [0.1, 0.15) is 11.7 Å². The highest BCUT2D eigenvalue weighted by atomic mass is 16.7. The molecule has 0 aromatic carbocycles. The lowest BCUT2D eigenvalue weighted by atomic mass is 9.43. The van der Waals surface area contributed by atoms with Crippen LogP contribution in [0.25, 0.3) is 0 Å². The summed E-state index contributed by atoms with van der Waals surface area (Å²) in [6.07, 6.45) is 8.17. The average Bonchev–Trinajstić information content (AvgIpc) is 3.43. The first-order valence-electron chi connectivity index (χ1n) is 14.5. The highest BCUT2D eigenvalue weighted by Gasteiger charge is 2.84. The van der Waals surface area contributed by atoms with Crippen molar-refractivity contribution < 1.29 is 29.0 Å². The first kappa shape index (κ1) is 26.9. The van der Waals surface area contributed by atoms with E-state index in [-0.39, 0.29) is 36.4 Å². The van der Waals surface area contributed by atoms with Gasteiger partial charge in [0.25, 0.3) is 0 Å². The van der Waals surface area contributed by atoms with Crippen LogP contribution in [0.4, 0.5) is 0 Å². The number of hydrogen-bond donors (Lipinski definition) is 1. The third-order valence-electron chi connectivity index (χ3n) is 11.0. The maximum atomic E-state index is 13.6. The summed E-state index contributed by atoms with van der Waals surface area (Å²) in [7, 11) is 0. The van der Waals surface area contributed by atoms with E-state index in [2.05, 4.69) is 33.8 Å². The number of aliphatic carboxylic acids is 1. The molecule has 0 radical (unpaired) electrons. The summed E-state index contributed by atoms with van der Waals surface area (Å²) in [6.45, 7) is 11.5. The number of rotatable bonds is 9. The normalized spacial score (nSPS) is 44.2. The average molecular weight is 516 g/mol. The number of carboxylic acid groups (broad SMARTS) is 1. The molecular weight excluding hydrogens is 470 g/mol. The largest absolute Gasteiger partial charge is 0.481 e. The number of allylic oxidation sites excluding steroid dienone is 1. The molecule has 1 N–H and O–H groups in total. The van der Waals surface area contributed by atoms with Crippen molar-refractivity contribution in [2.45, 2.75) is 92.0 Å². The van der Waals surface area contributed by atoms with Crippen LogP contribution in [0.2, 0.25) is 0 Å². The highest BCUT2D eigenvalue weighted by molar-refractivity contribution is 5.90. The monoisotopic (exact) mass is 515 g/mol. The minimum atomic E-state index is -1.25. The second-order valence-corrected chi connectivity index (χ2v) is 13.1. The zero-order valence-corrected chi connectivity index (χ0v) is 23.2. The first-order valence-corrected chi connectivity index (χ1v) is 14.5. The van der Waals surface area contributed by atoms with Crippen LogP contribution >= 0.6 is 0 Å². The molecule has 1 saturated heterocycles. The summed E-state index contributed by atoms with van der Waals surface area (Å²) in [5.41, 5.74) is -1.90. The number of morpholine rings is 1. The van der Waals surface area contributed by atoms with E-state index in [1.165, 1.54) is 0 Å². The number of carboxylic acids is 1. The summed E-state index contributed by atoms with van der Waals surface area (Å²) in [4.78, 5) is 41.3. The van der Waals surface area contributed by atoms with Crippen molar-refractivity contribution in [3.63, 3.8) is 0 Å². The summed E-state index contributed by atoms with van der Waals surface area (Å²) >= 11 is 0. The van der Waals surface area contributed by atoms with Gasteiger partial charge in [-0.2, -0.15) is 0 Å². The van der Waals surface area contributed by atoms with Gasteiger partial charge in [0, 0.05) is 18.4 Å². The van der Waals surface area contributed by atoms with E-state index in [1.54, 1.807) is 0 Å². The Kier molecular flexibility index (Phi) is 6.88. The molecule has 5 aliphatic rings. The number of fused-ring (bicyclic) bond motifs is 2. The van der Waals surface area contributed by atoms with E-state index in [0.717, 1.165) is 44.0 Å². The molecule has 4 fully saturated rings. The molecule has 37 heavy (non-hydrogen) atoms. The lowest BCUT2D eigenvalue weighted by molar-refractivity contribution is -0.235. The van der Waals surface area contributed by atoms with Gasteiger partial charge in [0.05, 0.1) is 24.7 Å². The Morgan fingerprint density at radius 3 is 2.65 bits per heavy atom. The van der Waals surface area contributed by atoms with E-state index in [4.69, 9.17) is 9.47 Å². The molecule has 4 aliphatic carbocycles. The highest BCUT2D eigenvalue weighted by Crippen LogP contribution is 2.82. The van der Waals surface area contributed by atoms with E-state index in [0.29, 0.717) is 37.8 Å². The maximum Gasteiger partial charge on any atom is 0.315 e. The Hall–Kier alpha value is -1.73. The maximum absolute atomic E-state index is 13.6. The fourth-order valence-electron chi connectivity index (χ4n) is 9.57. The molecule has 7 nitrogen and oxygen atoms in total. The molecule has 3 saturated carbocycles. The molecule has 1 amide bonds. The zero-order chi connectivity index (χ0) is 26.8. The third kappa shape index (κ3) is 3.55. The van der Waals surface area contributed by atoms with Gasteiger partial charge in [-0.25, -0.2) is 0 Å². The topological polar surface area (TPSA) is 93.1 Å². The van der Waals surface area contributed by atoms with Gasteiger partial charge in [0.15, 0.2) is 6.29 Å². The van der Waals surface area contributed by atoms with Crippen molar-refractivity contribution in [1.29, 1.82) is 0 Å². The van der Waals surface area contributed by atoms with Gasteiger partial charge in [0.2, 0.25) is 5.91 Å². The van der Waals surface area contributed by atoms with Gasteiger partial charge in [-0.05, 0) is 62.2 Å². The van der Waals surface area contributed by atoms with Crippen LogP contribution in [0.5, 0.6) is 0 Å². The smallest absolute Gasteiger partial charge is 0.315 e. The first-order chi connectivity index (χ1) is 17.6. The number of carbonyl (C=O) groups is 3. The van der Waals surface area contributed by atoms with Crippen LogP contribution in [0.1, 0.15) is 79.6 Å². The van der Waals surface area contributed by atoms with Crippen LogP contribution in [-0.4, -0.2) is 60.3 Å². The summed E-state index contributed by atoms with van der Waals surface area (Å²) < 4.78 is 12.7. The Morgan fingerprint density at radius 1 is 1.24 bits per heavy atom. The number of unbranched alkanes of at least 4 members (excludes halogenated alkanes) is 1. The van der Waals surface area contributed by atoms with Crippen molar-refractivity contribution in [3.8, 4) is 0 Å². The Bertz CT molecular complexity index is 977. The predicted molar refractivity (Wildman–Crippen MR) is 138 cm³/mol. The fraction of sp³-hybridized carbons (Fsp3) is 0.833. The number of ether oxygens (including phenoxy) is 2. The second kappa shape index (κ2) is 9.48. The minimum absolute atomic E-state index is 0.00713. The van der Waals surface area contributed by atoms with Crippen molar-refractivity contribution in [2.75, 3.05) is 19.7 Å². The molecule has 0 aromatic heterocycles. The molecule has 4 bridgehead atoms. The van der Waals surface area contributed by atoms with Crippen molar-refractivity contribution >= 4 is 18.2 Å². The standard InChI is InChI=1S/C30H45NO6/c1-6-7-8-25(33)31-14-20(5)37-26(15-31)36-17-29-13-22-19(4)9-10-23(22)28(16-32)12-21(29)11-24(18(2)3)30(28,29)27(34)35/h11,16,18-23,26H,6-10,12-15,17H2,1-5H3,(H,34,35)/t19-,20-,21?,22?,23?,26-,28+,29?,30?/m1/s1. The van der Waals surface area contributed by atoms with E-state index in [1.807, 2.05) is 11.8 Å². The van der Waals surface area contributed by atoms with Crippen molar-refractivity contribution in [2.24, 2.45) is 45.8 Å². The fourth-order valence-corrected chi connectivity index (χ4v) is 9.57.